The highest BCUT2D eigenvalue weighted by Gasteiger charge is 2.10. The molecule has 1 rings (SSSR count). The number of carbonyl (C=O) groups excluding carboxylic acids is 2. The zero-order valence-corrected chi connectivity index (χ0v) is 11.5. The van der Waals surface area contributed by atoms with Crippen molar-refractivity contribution in [3.8, 4) is 0 Å². The molecule has 0 heterocycles. The van der Waals surface area contributed by atoms with Crippen LogP contribution >= 0.6 is 0 Å². The van der Waals surface area contributed by atoms with E-state index in [1.165, 1.54) is 7.11 Å². The van der Waals surface area contributed by atoms with Crippen molar-refractivity contribution in [3.05, 3.63) is 29.3 Å². The van der Waals surface area contributed by atoms with Gasteiger partial charge in [0.1, 0.15) is 0 Å². The van der Waals surface area contributed by atoms with Gasteiger partial charge in [-0.05, 0) is 44.0 Å². The summed E-state index contributed by atoms with van der Waals surface area (Å²) in [6.07, 6.45) is 1.03. The minimum Gasteiger partial charge on any atom is -0.465 e. The normalized spacial score (nSPS) is 11.8. The molecule has 1 aromatic carbocycles. The van der Waals surface area contributed by atoms with Gasteiger partial charge in [-0.3, -0.25) is 4.79 Å². The van der Waals surface area contributed by atoms with E-state index in [2.05, 4.69) is 10.1 Å². The van der Waals surface area contributed by atoms with Gasteiger partial charge in [-0.1, -0.05) is 0 Å². The summed E-state index contributed by atoms with van der Waals surface area (Å²) in [5.74, 6) is -0.468. The number of esters is 1. The van der Waals surface area contributed by atoms with Crippen molar-refractivity contribution < 1.29 is 14.3 Å². The highest BCUT2D eigenvalue weighted by molar-refractivity contribution is 5.94. The summed E-state index contributed by atoms with van der Waals surface area (Å²) in [5, 5.41) is 2.80. The van der Waals surface area contributed by atoms with E-state index in [0.29, 0.717) is 24.1 Å². The Labute approximate surface area is 113 Å². The van der Waals surface area contributed by atoms with Crippen molar-refractivity contribution in [3.63, 3.8) is 0 Å². The SMILES string of the molecule is COC(=O)c1ccc(NC(=O)CCC(C)N)c(C)c1. The van der Waals surface area contributed by atoms with Gasteiger partial charge in [-0.25, -0.2) is 4.79 Å². The third-order valence-corrected chi connectivity index (χ3v) is 2.75. The Kier molecular flexibility index (Phi) is 5.51. The zero-order valence-electron chi connectivity index (χ0n) is 11.5. The lowest BCUT2D eigenvalue weighted by Gasteiger charge is -2.10. The van der Waals surface area contributed by atoms with Gasteiger partial charge in [0.2, 0.25) is 5.91 Å². The first-order valence-electron chi connectivity index (χ1n) is 6.18. The molecular weight excluding hydrogens is 244 g/mol. The molecule has 0 aliphatic rings. The predicted molar refractivity (Wildman–Crippen MR) is 74.0 cm³/mol. The number of methoxy groups -OCH3 is 1. The highest BCUT2D eigenvalue weighted by Crippen LogP contribution is 2.17. The van der Waals surface area contributed by atoms with E-state index in [-0.39, 0.29) is 11.9 Å². The number of nitrogens with two attached hydrogens (primary N) is 1. The maximum absolute atomic E-state index is 11.7. The molecular formula is C14H20N2O3. The van der Waals surface area contributed by atoms with E-state index >= 15 is 0 Å². The van der Waals surface area contributed by atoms with Crippen LogP contribution in [0, 0.1) is 6.92 Å². The Morgan fingerprint density at radius 2 is 2.11 bits per heavy atom. The number of ether oxygens (including phenoxy) is 1. The average molecular weight is 264 g/mol. The number of hydrogen-bond donors (Lipinski definition) is 2. The van der Waals surface area contributed by atoms with E-state index in [9.17, 15) is 9.59 Å². The summed E-state index contributed by atoms with van der Waals surface area (Å²) in [6, 6.07) is 5.02. The topological polar surface area (TPSA) is 81.4 Å². The first-order valence-corrected chi connectivity index (χ1v) is 6.18. The molecule has 0 aromatic heterocycles. The van der Waals surface area contributed by atoms with Gasteiger partial charge in [-0.2, -0.15) is 0 Å². The van der Waals surface area contributed by atoms with Crippen molar-refractivity contribution in [1.29, 1.82) is 0 Å². The fourth-order valence-corrected chi connectivity index (χ4v) is 1.62. The van der Waals surface area contributed by atoms with Crippen LogP contribution in [-0.4, -0.2) is 25.0 Å². The lowest BCUT2D eigenvalue weighted by Crippen LogP contribution is -2.19. The smallest absolute Gasteiger partial charge is 0.337 e. The monoisotopic (exact) mass is 264 g/mol. The van der Waals surface area contributed by atoms with Gasteiger partial charge >= 0.3 is 5.97 Å². The average Bonchev–Trinajstić information content (AvgIpc) is 2.37. The van der Waals surface area contributed by atoms with Crippen LogP contribution in [0.15, 0.2) is 18.2 Å². The van der Waals surface area contributed by atoms with E-state index in [1.54, 1.807) is 18.2 Å². The van der Waals surface area contributed by atoms with Gasteiger partial charge in [0, 0.05) is 18.2 Å². The van der Waals surface area contributed by atoms with Crippen LogP contribution < -0.4 is 11.1 Å². The zero-order chi connectivity index (χ0) is 14.4. The largest absolute Gasteiger partial charge is 0.465 e. The third-order valence-electron chi connectivity index (χ3n) is 2.75. The summed E-state index contributed by atoms with van der Waals surface area (Å²) in [4.78, 5) is 23.0. The maximum atomic E-state index is 11.7. The molecule has 0 saturated carbocycles. The van der Waals surface area contributed by atoms with Gasteiger partial charge in [0.05, 0.1) is 12.7 Å². The van der Waals surface area contributed by atoms with Crippen molar-refractivity contribution >= 4 is 17.6 Å². The number of carbonyl (C=O) groups is 2. The number of aryl methyl sites for hydroxylation is 1. The lowest BCUT2D eigenvalue weighted by molar-refractivity contribution is -0.116. The van der Waals surface area contributed by atoms with E-state index in [1.807, 2.05) is 13.8 Å². The van der Waals surface area contributed by atoms with Crippen LogP contribution in [0.5, 0.6) is 0 Å². The van der Waals surface area contributed by atoms with Crippen molar-refractivity contribution in [1.82, 2.24) is 0 Å². The first kappa shape index (κ1) is 15.2. The van der Waals surface area contributed by atoms with Gasteiger partial charge in [0.25, 0.3) is 0 Å². The quantitative estimate of drug-likeness (QED) is 0.795. The van der Waals surface area contributed by atoms with E-state index in [0.717, 1.165) is 5.56 Å². The number of anilines is 1. The third kappa shape index (κ3) is 4.71. The molecule has 1 aromatic rings. The molecule has 0 bridgehead atoms. The maximum Gasteiger partial charge on any atom is 0.337 e. The molecule has 0 aliphatic heterocycles. The second kappa shape index (κ2) is 6.89. The van der Waals surface area contributed by atoms with Crippen LogP contribution in [0.3, 0.4) is 0 Å². The molecule has 0 aliphatic carbocycles. The molecule has 0 saturated heterocycles. The van der Waals surface area contributed by atoms with Crippen LogP contribution in [-0.2, 0) is 9.53 Å². The number of nitrogens with one attached hydrogen (secondary N) is 1. The van der Waals surface area contributed by atoms with Crippen LogP contribution in [0.2, 0.25) is 0 Å². The first-order chi connectivity index (χ1) is 8.93. The minimum absolute atomic E-state index is 0.00791. The molecule has 1 atom stereocenters. The van der Waals surface area contributed by atoms with E-state index < -0.39 is 5.97 Å². The Morgan fingerprint density at radius 3 is 2.63 bits per heavy atom. The summed E-state index contributed by atoms with van der Waals surface area (Å²) in [5.41, 5.74) is 7.58. The lowest BCUT2D eigenvalue weighted by atomic mass is 10.1. The molecule has 1 unspecified atom stereocenters. The van der Waals surface area contributed by atoms with E-state index in [4.69, 9.17) is 5.73 Å². The predicted octanol–water partition coefficient (Wildman–Crippen LogP) is 1.85. The van der Waals surface area contributed by atoms with Crippen molar-refractivity contribution in [2.45, 2.75) is 32.7 Å². The molecule has 104 valence electrons. The molecule has 5 nitrogen and oxygen atoms in total. The Hall–Kier alpha value is -1.88. The van der Waals surface area contributed by atoms with Gasteiger partial charge < -0.3 is 15.8 Å². The molecule has 0 spiro atoms. The molecule has 19 heavy (non-hydrogen) atoms. The standard InChI is InChI=1S/C14H20N2O3/c1-9-8-11(14(18)19-3)5-6-12(9)16-13(17)7-4-10(2)15/h5-6,8,10H,4,7,15H2,1-3H3,(H,16,17). The number of rotatable bonds is 5. The van der Waals surface area contributed by atoms with Crippen molar-refractivity contribution in [2.75, 3.05) is 12.4 Å². The van der Waals surface area contributed by atoms with Gasteiger partial charge in [-0.15, -0.1) is 0 Å². The summed E-state index contributed by atoms with van der Waals surface area (Å²) in [7, 11) is 1.33. The van der Waals surface area contributed by atoms with Crippen LogP contribution in [0.4, 0.5) is 5.69 Å². The molecule has 1 amide bonds. The number of hydrogen-bond acceptors (Lipinski definition) is 4. The molecule has 0 radical (unpaired) electrons. The molecule has 3 N–H and O–H groups in total. The fraction of sp³-hybridized carbons (Fsp3) is 0.429. The minimum atomic E-state index is -0.391. The Bertz CT molecular complexity index is 470. The van der Waals surface area contributed by atoms with Crippen molar-refractivity contribution in [2.24, 2.45) is 5.73 Å². The number of amides is 1. The van der Waals surface area contributed by atoms with Crippen LogP contribution in [0.1, 0.15) is 35.7 Å². The molecule has 0 fully saturated rings. The Morgan fingerprint density at radius 1 is 1.42 bits per heavy atom. The number of benzene rings is 1. The second-order valence-electron chi connectivity index (χ2n) is 4.59. The summed E-state index contributed by atoms with van der Waals surface area (Å²) >= 11 is 0. The fourth-order valence-electron chi connectivity index (χ4n) is 1.62. The summed E-state index contributed by atoms with van der Waals surface area (Å²) in [6.45, 7) is 3.69. The Balaban J connectivity index is 2.69. The highest BCUT2D eigenvalue weighted by atomic mass is 16.5. The molecule has 5 heteroatoms. The summed E-state index contributed by atoms with van der Waals surface area (Å²) < 4.78 is 4.64. The van der Waals surface area contributed by atoms with Crippen LogP contribution in [0.25, 0.3) is 0 Å². The second-order valence-corrected chi connectivity index (χ2v) is 4.59. The van der Waals surface area contributed by atoms with Gasteiger partial charge in [0.15, 0.2) is 0 Å².